The van der Waals surface area contributed by atoms with Crippen LogP contribution in [-0.4, -0.2) is 19.4 Å². The van der Waals surface area contributed by atoms with E-state index in [4.69, 9.17) is 15.2 Å². The zero-order chi connectivity index (χ0) is 13.1. The van der Waals surface area contributed by atoms with Gasteiger partial charge in [0.25, 0.3) is 0 Å². The van der Waals surface area contributed by atoms with Gasteiger partial charge >= 0.3 is 0 Å². The highest BCUT2D eigenvalue weighted by molar-refractivity contribution is 5.48. The number of hydrogen-bond acceptors (Lipinski definition) is 4. The summed E-state index contributed by atoms with van der Waals surface area (Å²) >= 11 is 0. The fourth-order valence-corrected chi connectivity index (χ4v) is 2.11. The summed E-state index contributed by atoms with van der Waals surface area (Å²) in [4.78, 5) is 0. The molecule has 0 radical (unpaired) electrons. The second-order valence-electron chi connectivity index (χ2n) is 5.10. The Bertz CT molecular complexity index is 419. The Labute approximate surface area is 108 Å². The van der Waals surface area contributed by atoms with Crippen LogP contribution in [0.25, 0.3) is 0 Å². The number of nitrogens with two attached hydrogens (primary N) is 1. The Kier molecular flexibility index (Phi) is 4.09. The Morgan fingerprint density at radius 2 is 1.94 bits per heavy atom. The molecule has 1 aliphatic rings. The molecule has 0 bridgehead atoms. The van der Waals surface area contributed by atoms with Gasteiger partial charge in [0.2, 0.25) is 6.79 Å². The van der Waals surface area contributed by atoms with E-state index in [0.29, 0.717) is 25.3 Å². The molecule has 1 heterocycles. The molecule has 3 N–H and O–H groups in total. The van der Waals surface area contributed by atoms with Crippen LogP contribution in [0.1, 0.15) is 25.0 Å². The molecular formula is C14H22N2O2. The summed E-state index contributed by atoms with van der Waals surface area (Å²) in [6.07, 6.45) is 0. The molecule has 4 heteroatoms. The number of benzene rings is 1. The molecule has 18 heavy (non-hydrogen) atoms. The highest BCUT2D eigenvalue weighted by Crippen LogP contribution is 2.34. The molecule has 0 aromatic heterocycles. The molecule has 0 saturated carbocycles. The Balaban J connectivity index is 2.05. The van der Waals surface area contributed by atoms with Crippen LogP contribution in [0.2, 0.25) is 0 Å². The average Bonchev–Trinajstić information content (AvgIpc) is 2.76. The van der Waals surface area contributed by atoms with E-state index in [1.807, 2.05) is 6.07 Å². The van der Waals surface area contributed by atoms with Gasteiger partial charge in [-0.2, -0.15) is 0 Å². The fourth-order valence-electron chi connectivity index (χ4n) is 2.11. The number of fused-ring (bicyclic) bond motifs is 1. The van der Waals surface area contributed by atoms with Crippen molar-refractivity contribution in [3.63, 3.8) is 0 Å². The monoisotopic (exact) mass is 250 g/mol. The van der Waals surface area contributed by atoms with Crippen molar-refractivity contribution in [1.29, 1.82) is 0 Å². The summed E-state index contributed by atoms with van der Waals surface area (Å²) in [5.41, 5.74) is 8.21. The summed E-state index contributed by atoms with van der Waals surface area (Å²) in [5, 5.41) is 3.50. The normalized spacial score (nSPS) is 15.2. The van der Waals surface area contributed by atoms with Crippen LogP contribution < -0.4 is 20.5 Å². The maximum Gasteiger partial charge on any atom is 0.231 e. The van der Waals surface area contributed by atoms with Gasteiger partial charge in [0.1, 0.15) is 0 Å². The standard InChI is InChI=1S/C14H22N2O2/c1-9(2)12(6-15)16-7-11-5-14-13(4-10(11)3)17-8-18-14/h4-5,9,12,16H,6-8,15H2,1-3H3. The van der Waals surface area contributed by atoms with E-state index in [9.17, 15) is 0 Å². The fraction of sp³-hybridized carbons (Fsp3) is 0.571. The first kappa shape index (κ1) is 13.2. The molecule has 0 saturated heterocycles. The maximum atomic E-state index is 5.76. The first-order valence-corrected chi connectivity index (χ1v) is 6.44. The van der Waals surface area contributed by atoms with Gasteiger partial charge in [-0.15, -0.1) is 0 Å². The van der Waals surface area contributed by atoms with Gasteiger partial charge in [0, 0.05) is 19.1 Å². The zero-order valence-electron chi connectivity index (χ0n) is 11.3. The molecule has 4 nitrogen and oxygen atoms in total. The molecule has 1 unspecified atom stereocenters. The predicted molar refractivity (Wildman–Crippen MR) is 71.8 cm³/mol. The topological polar surface area (TPSA) is 56.5 Å². The molecule has 0 spiro atoms. The molecule has 0 fully saturated rings. The Morgan fingerprint density at radius 1 is 1.28 bits per heavy atom. The van der Waals surface area contributed by atoms with Crippen LogP contribution in [0.5, 0.6) is 11.5 Å². The van der Waals surface area contributed by atoms with Crippen molar-refractivity contribution < 1.29 is 9.47 Å². The van der Waals surface area contributed by atoms with Crippen molar-refractivity contribution in [3.8, 4) is 11.5 Å². The summed E-state index contributed by atoms with van der Waals surface area (Å²) < 4.78 is 10.8. The van der Waals surface area contributed by atoms with Crippen molar-refractivity contribution in [3.05, 3.63) is 23.3 Å². The summed E-state index contributed by atoms with van der Waals surface area (Å²) in [6, 6.07) is 4.43. The quantitative estimate of drug-likeness (QED) is 0.836. The van der Waals surface area contributed by atoms with Gasteiger partial charge < -0.3 is 20.5 Å². The number of aryl methyl sites for hydroxylation is 1. The first-order chi connectivity index (χ1) is 8.61. The largest absolute Gasteiger partial charge is 0.454 e. The smallest absolute Gasteiger partial charge is 0.231 e. The van der Waals surface area contributed by atoms with Crippen LogP contribution in [0.4, 0.5) is 0 Å². The number of rotatable bonds is 5. The van der Waals surface area contributed by atoms with Crippen LogP contribution in [0.15, 0.2) is 12.1 Å². The lowest BCUT2D eigenvalue weighted by Gasteiger charge is -2.21. The van der Waals surface area contributed by atoms with Crippen molar-refractivity contribution >= 4 is 0 Å². The molecule has 1 aromatic carbocycles. The summed E-state index contributed by atoms with van der Waals surface area (Å²) in [5.74, 6) is 2.21. The highest BCUT2D eigenvalue weighted by atomic mass is 16.7. The highest BCUT2D eigenvalue weighted by Gasteiger charge is 2.16. The van der Waals surface area contributed by atoms with E-state index in [-0.39, 0.29) is 0 Å². The number of nitrogens with one attached hydrogen (secondary N) is 1. The minimum Gasteiger partial charge on any atom is -0.454 e. The van der Waals surface area contributed by atoms with E-state index in [0.717, 1.165) is 18.0 Å². The molecule has 1 aromatic rings. The lowest BCUT2D eigenvalue weighted by atomic mass is 10.0. The predicted octanol–water partition coefficient (Wildman–Crippen LogP) is 1.80. The summed E-state index contributed by atoms with van der Waals surface area (Å²) in [7, 11) is 0. The second kappa shape index (κ2) is 5.59. The van der Waals surface area contributed by atoms with E-state index in [1.165, 1.54) is 11.1 Å². The molecule has 1 atom stereocenters. The number of hydrogen-bond donors (Lipinski definition) is 2. The molecule has 2 rings (SSSR count). The van der Waals surface area contributed by atoms with Gasteiger partial charge in [-0.25, -0.2) is 0 Å². The third-order valence-corrected chi connectivity index (χ3v) is 3.44. The van der Waals surface area contributed by atoms with Crippen LogP contribution in [-0.2, 0) is 6.54 Å². The third-order valence-electron chi connectivity index (χ3n) is 3.44. The minimum atomic E-state index is 0.322. The van der Waals surface area contributed by atoms with Crippen molar-refractivity contribution in [2.24, 2.45) is 11.7 Å². The van der Waals surface area contributed by atoms with Gasteiger partial charge in [-0.3, -0.25) is 0 Å². The third kappa shape index (κ3) is 2.76. The van der Waals surface area contributed by atoms with Gasteiger partial charge in [0.05, 0.1) is 0 Å². The molecule has 0 aliphatic carbocycles. The second-order valence-corrected chi connectivity index (χ2v) is 5.10. The van der Waals surface area contributed by atoms with Crippen LogP contribution in [0, 0.1) is 12.8 Å². The van der Waals surface area contributed by atoms with Gasteiger partial charge in [-0.05, 0) is 36.1 Å². The van der Waals surface area contributed by atoms with E-state index < -0.39 is 0 Å². The average molecular weight is 250 g/mol. The van der Waals surface area contributed by atoms with Gasteiger partial charge in [-0.1, -0.05) is 13.8 Å². The van der Waals surface area contributed by atoms with E-state index >= 15 is 0 Å². The molecule has 100 valence electrons. The lowest BCUT2D eigenvalue weighted by Crippen LogP contribution is -2.39. The number of ether oxygens (including phenoxy) is 2. The lowest BCUT2D eigenvalue weighted by molar-refractivity contribution is 0.174. The molecule has 1 aliphatic heterocycles. The van der Waals surface area contributed by atoms with Crippen molar-refractivity contribution in [2.45, 2.75) is 33.4 Å². The summed E-state index contributed by atoms with van der Waals surface area (Å²) in [6.45, 7) is 8.23. The molecular weight excluding hydrogens is 228 g/mol. The van der Waals surface area contributed by atoms with E-state index in [1.54, 1.807) is 0 Å². The first-order valence-electron chi connectivity index (χ1n) is 6.44. The van der Waals surface area contributed by atoms with Crippen LogP contribution in [0.3, 0.4) is 0 Å². The molecule has 0 amide bonds. The van der Waals surface area contributed by atoms with Gasteiger partial charge in [0.15, 0.2) is 11.5 Å². The Hall–Kier alpha value is -1.26. The van der Waals surface area contributed by atoms with Crippen LogP contribution >= 0.6 is 0 Å². The van der Waals surface area contributed by atoms with Crippen molar-refractivity contribution in [2.75, 3.05) is 13.3 Å². The van der Waals surface area contributed by atoms with E-state index in [2.05, 4.69) is 32.2 Å². The minimum absolute atomic E-state index is 0.322. The maximum absolute atomic E-state index is 5.76. The Morgan fingerprint density at radius 3 is 2.56 bits per heavy atom. The zero-order valence-corrected chi connectivity index (χ0v) is 11.3. The van der Waals surface area contributed by atoms with Crippen molar-refractivity contribution in [1.82, 2.24) is 5.32 Å². The SMILES string of the molecule is Cc1cc2c(cc1CNC(CN)C(C)C)OCO2.